The van der Waals surface area contributed by atoms with E-state index in [1.165, 1.54) is 6.20 Å². The van der Waals surface area contributed by atoms with Crippen LogP contribution in [-0.4, -0.2) is 31.6 Å². The standard InChI is InChI=1S/C19H24N6O3S/c1-11-8-9-28-18-16(10-21-25(11)18)29(20,27)24-19(26)23-17-12-4-2-6-14(12)22-15-7-3-5-13(15)17/h10-11H,2-9H2,1H3,(H3,20,22,23,24,26,27). The number of carbonyl (C=O) groups is 1. The minimum absolute atomic E-state index is 0.110. The van der Waals surface area contributed by atoms with Crippen molar-refractivity contribution < 1.29 is 13.7 Å². The Labute approximate surface area is 169 Å². The molecule has 0 radical (unpaired) electrons. The van der Waals surface area contributed by atoms with E-state index in [0.29, 0.717) is 12.5 Å². The number of nitrogens with one attached hydrogen (secondary N) is 1. The largest absolute Gasteiger partial charge is 0.477 e. The number of carbonyl (C=O) groups excluding carboxylic acids is 1. The van der Waals surface area contributed by atoms with E-state index in [1.807, 2.05) is 6.92 Å². The third kappa shape index (κ3) is 3.10. The average molecular weight is 417 g/mol. The van der Waals surface area contributed by atoms with Crippen LogP contribution in [0.3, 0.4) is 0 Å². The molecule has 0 spiro atoms. The lowest BCUT2D eigenvalue weighted by Gasteiger charge is -2.22. The first-order valence-corrected chi connectivity index (χ1v) is 11.6. The number of hydrogen-bond acceptors (Lipinski definition) is 5. The summed E-state index contributed by atoms with van der Waals surface area (Å²) >= 11 is 0. The van der Waals surface area contributed by atoms with Crippen molar-refractivity contribution in [2.45, 2.75) is 62.8 Å². The fourth-order valence-electron chi connectivity index (χ4n) is 4.47. The lowest BCUT2D eigenvalue weighted by atomic mass is 10.1. The second-order valence-electron chi connectivity index (χ2n) is 7.88. The maximum absolute atomic E-state index is 13.1. The molecule has 29 heavy (non-hydrogen) atoms. The number of urea groups is 1. The monoisotopic (exact) mass is 416 g/mol. The Morgan fingerprint density at radius 2 is 1.97 bits per heavy atom. The van der Waals surface area contributed by atoms with Crippen LogP contribution in [0, 0.1) is 0 Å². The van der Waals surface area contributed by atoms with E-state index in [0.717, 1.165) is 73.1 Å². The normalized spacial score (nSPS) is 21.5. The molecule has 2 atom stereocenters. The van der Waals surface area contributed by atoms with Crippen LogP contribution < -0.4 is 15.2 Å². The van der Waals surface area contributed by atoms with E-state index in [4.69, 9.17) is 14.9 Å². The van der Waals surface area contributed by atoms with E-state index in [2.05, 4.69) is 14.8 Å². The highest BCUT2D eigenvalue weighted by molar-refractivity contribution is 7.91. The molecule has 2 aromatic heterocycles. The number of anilines is 1. The van der Waals surface area contributed by atoms with Crippen molar-refractivity contribution in [2.75, 3.05) is 11.9 Å². The Morgan fingerprint density at radius 3 is 2.66 bits per heavy atom. The van der Waals surface area contributed by atoms with Crippen LogP contribution >= 0.6 is 0 Å². The van der Waals surface area contributed by atoms with Crippen LogP contribution in [0.15, 0.2) is 15.5 Å². The Kier molecular flexibility index (Phi) is 4.36. The van der Waals surface area contributed by atoms with Crippen LogP contribution in [0.2, 0.25) is 0 Å². The molecule has 2 amide bonds. The number of amides is 2. The number of rotatable bonds is 2. The summed E-state index contributed by atoms with van der Waals surface area (Å²) in [4.78, 5) is 17.7. The molecule has 3 aliphatic rings. The SMILES string of the molecule is CC1CCOc2c(S(N)(=O)=NC(=O)Nc3c4c(nc5c3CCC5)CCC4)cnn21. The van der Waals surface area contributed by atoms with Crippen LogP contribution in [0.5, 0.6) is 5.88 Å². The second kappa shape index (κ2) is 6.81. The number of fused-ring (bicyclic) bond motifs is 3. The fraction of sp³-hybridized carbons (Fsp3) is 0.526. The molecular formula is C19H24N6O3S. The topological polar surface area (TPSA) is 124 Å². The molecule has 2 aliphatic carbocycles. The van der Waals surface area contributed by atoms with Gasteiger partial charge in [0.25, 0.3) is 0 Å². The quantitative estimate of drug-likeness (QED) is 0.778. The number of nitrogens with zero attached hydrogens (tertiary/aromatic N) is 4. The number of ether oxygens (including phenoxy) is 1. The molecule has 9 nitrogen and oxygen atoms in total. The highest BCUT2D eigenvalue weighted by Gasteiger charge is 2.29. The van der Waals surface area contributed by atoms with Crippen molar-refractivity contribution in [3.63, 3.8) is 0 Å². The molecule has 10 heteroatoms. The number of aryl methyl sites for hydroxylation is 2. The maximum atomic E-state index is 13.1. The van der Waals surface area contributed by atoms with Gasteiger partial charge in [0.15, 0.2) is 9.92 Å². The molecular weight excluding hydrogens is 392 g/mol. The van der Waals surface area contributed by atoms with Crippen molar-refractivity contribution in [1.29, 1.82) is 0 Å². The summed E-state index contributed by atoms with van der Waals surface area (Å²) in [6.07, 6.45) is 7.85. The van der Waals surface area contributed by atoms with Crippen LogP contribution in [-0.2, 0) is 35.6 Å². The molecule has 0 fully saturated rings. The predicted molar refractivity (Wildman–Crippen MR) is 107 cm³/mol. The first-order chi connectivity index (χ1) is 13.9. The van der Waals surface area contributed by atoms with Gasteiger partial charge in [0, 0.05) is 17.8 Å². The van der Waals surface area contributed by atoms with E-state index in [1.54, 1.807) is 4.68 Å². The van der Waals surface area contributed by atoms with Gasteiger partial charge in [-0.1, -0.05) is 0 Å². The van der Waals surface area contributed by atoms with Gasteiger partial charge in [-0.25, -0.2) is 18.8 Å². The van der Waals surface area contributed by atoms with Crippen molar-refractivity contribution in [1.82, 2.24) is 14.8 Å². The first-order valence-electron chi connectivity index (χ1n) is 10.0. The molecule has 2 unspecified atom stereocenters. The minimum atomic E-state index is -3.49. The third-order valence-corrected chi connectivity index (χ3v) is 7.27. The van der Waals surface area contributed by atoms with Gasteiger partial charge in [-0.2, -0.15) is 5.10 Å². The zero-order valence-electron chi connectivity index (χ0n) is 16.3. The molecule has 154 valence electrons. The van der Waals surface area contributed by atoms with E-state index >= 15 is 0 Å². The van der Waals surface area contributed by atoms with Crippen LogP contribution in [0.1, 0.15) is 54.7 Å². The molecule has 0 aromatic carbocycles. The molecule has 5 rings (SSSR count). The van der Waals surface area contributed by atoms with Gasteiger partial charge in [-0.3, -0.25) is 4.98 Å². The van der Waals surface area contributed by atoms with Gasteiger partial charge in [-0.05, 0) is 56.6 Å². The van der Waals surface area contributed by atoms with Gasteiger partial charge in [-0.15, -0.1) is 4.36 Å². The summed E-state index contributed by atoms with van der Waals surface area (Å²) in [5.74, 6) is 0.332. The van der Waals surface area contributed by atoms with Crippen LogP contribution in [0.4, 0.5) is 10.5 Å². The summed E-state index contributed by atoms with van der Waals surface area (Å²) in [5, 5.41) is 13.1. The van der Waals surface area contributed by atoms with Crippen molar-refractivity contribution in [2.24, 2.45) is 9.50 Å². The van der Waals surface area contributed by atoms with Crippen molar-refractivity contribution in [3.8, 4) is 5.88 Å². The molecule has 0 saturated carbocycles. The second-order valence-corrected chi connectivity index (χ2v) is 9.64. The van der Waals surface area contributed by atoms with Gasteiger partial charge in [0.05, 0.1) is 24.5 Å². The highest BCUT2D eigenvalue weighted by Crippen LogP contribution is 2.37. The van der Waals surface area contributed by atoms with Gasteiger partial charge in [0.1, 0.15) is 4.90 Å². The van der Waals surface area contributed by atoms with E-state index in [9.17, 15) is 9.00 Å². The number of pyridine rings is 1. The predicted octanol–water partition coefficient (Wildman–Crippen LogP) is 2.53. The smallest absolute Gasteiger partial charge is 0.354 e. The molecule has 2 aromatic rings. The molecule has 3 N–H and O–H groups in total. The highest BCUT2D eigenvalue weighted by atomic mass is 32.2. The van der Waals surface area contributed by atoms with Crippen molar-refractivity contribution in [3.05, 3.63) is 28.7 Å². The number of aromatic nitrogens is 3. The first kappa shape index (κ1) is 18.6. The molecule has 1 aliphatic heterocycles. The Balaban J connectivity index is 1.49. The van der Waals surface area contributed by atoms with E-state index in [-0.39, 0.29) is 10.9 Å². The maximum Gasteiger partial charge on any atom is 0.354 e. The Morgan fingerprint density at radius 1 is 1.28 bits per heavy atom. The van der Waals surface area contributed by atoms with Gasteiger partial charge in [0.2, 0.25) is 5.88 Å². The lowest BCUT2D eigenvalue weighted by Crippen LogP contribution is -2.22. The molecule has 0 bridgehead atoms. The zero-order valence-corrected chi connectivity index (χ0v) is 17.1. The summed E-state index contributed by atoms with van der Waals surface area (Å²) in [6, 6.07) is -0.603. The van der Waals surface area contributed by atoms with E-state index < -0.39 is 15.9 Å². The summed E-state index contributed by atoms with van der Waals surface area (Å²) in [6.45, 7) is 2.48. The molecule has 3 heterocycles. The summed E-state index contributed by atoms with van der Waals surface area (Å²) in [7, 11) is -3.49. The Bertz CT molecular complexity index is 1100. The summed E-state index contributed by atoms with van der Waals surface area (Å²) < 4.78 is 24.2. The van der Waals surface area contributed by atoms with Gasteiger partial charge < -0.3 is 10.1 Å². The Hall–Kier alpha value is -2.46. The summed E-state index contributed by atoms with van der Waals surface area (Å²) in [5.41, 5.74) is 5.08. The fourth-order valence-corrected chi connectivity index (χ4v) is 5.47. The molecule has 0 saturated heterocycles. The lowest BCUT2D eigenvalue weighted by molar-refractivity contribution is 0.196. The van der Waals surface area contributed by atoms with Crippen LogP contribution in [0.25, 0.3) is 0 Å². The number of nitrogens with two attached hydrogens (primary N) is 1. The van der Waals surface area contributed by atoms with Crippen molar-refractivity contribution >= 4 is 21.6 Å². The van der Waals surface area contributed by atoms with Gasteiger partial charge >= 0.3 is 6.03 Å². The zero-order chi connectivity index (χ0) is 20.2. The average Bonchev–Trinajstić information content (AvgIpc) is 3.40. The third-order valence-electron chi connectivity index (χ3n) is 5.93. The number of hydrogen-bond donors (Lipinski definition) is 2. The minimum Gasteiger partial charge on any atom is -0.477 e.